The van der Waals surface area contributed by atoms with E-state index in [-0.39, 0.29) is 0 Å². The normalized spacial score (nSPS) is 11.7. The molecule has 0 amide bonds. The van der Waals surface area contributed by atoms with Crippen molar-refractivity contribution in [1.82, 2.24) is 0 Å². The van der Waals surface area contributed by atoms with E-state index in [1.807, 2.05) is 0 Å². The minimum Gasteiger partial charge on any atom is -0.330 e. The maximum Gasteiger partial charge on any atom is 0.508 e. The minimum absolute atomic E-state index is 0.598. The second kappa shape index (κ2) is 11.1. The van der Waals surface area contributed by atoms with Gasteiger partial charge in [-0.05, 0) is 17.5 Å². The third kappa shape index (κ3) is 10.1. The predicted molar refractivity (Wildman–Crippen MR) is 60.9 cm³/mol. The second-order valence-corrected chi connectivity index (χ2v) is 4.82. The average molecular weight is 220 g/mol. The van der Waals surface area contributed by atoms with E-state index in [1.165, 1.54) is 25.7 Å². The van der Waals surface area contributed by atoms with Crippen LogP contribution in [-0.2, 0) is 9.09 Å². The zero-order valence-electron chi connectivity index (χ0n) is 9.21. The van der Waals surface area contributed by atoms with E-state index >= 15 is 0 Å². The molecule has 0 saturated heterocycles. The summed E-state index contributed by atoms with van der Waals surface area (Å²) in [5, 5.41) is 0. The molecule has 1 atom stereocenters. The molecule has 0 aliphatic carbocycles. The highest BCUT2D eigenvalue weighted by Crippen LogP contribution is 2.23. The van der Waals surface area contributed by atoms with Crippen molar-refractivity contribution >= 4 is 8.03 Å². The lowest BCUT2D eigenvalue weighted by Gasteiger charge is -1.95. The van der Waals surface area contributed by atoms with Crippen molar-refractivity contribution < 1.29 is 9.09 Å². The van der Waals surface area contributed by atoms with E-state index in [2.05, 4.69) is 6.92 Å². The van der Waals surface area contributed by atoms with Crippen LogP contribution in [0, 0.1) is 0 Å². The molecule has 0 aliphatic rings. The van der Waals surface area contributed by atoms with Gasteiger partial charge >= 0.3 is 8.03 Å². The van der Waals surface area contributed by atoms with Crippen LogP contribution in [0.5, 0.6) is 0 Å². The molecular weight excluding hydrogens is 197 g/mol. The first-order valence-corrected chi connectivity index (χ1v) is 6.95. The van der Waals surface area contributed by atoms with Gasteiger partial charge in [-0.2, -0.15) is 0 Å². The summed E-state index contributed by atoms with van der Waals surface area (Å²) in [6, 6.07) is 0. The van der Waals surface area contributed by atoms with Crippen molar-refractivity contribution in [2.24, 2.45) is 5.73 Å². The van der Waals surface area contributed by atoms with Crippen molar-refractivity contribution in [2.45, 2.75) is 45.4 Å². The second-order valence-electron chi connectivity index (χ2n) is 3.45. The van der Waals surface area contributed by atoms with Gasteiger partial charge in [-0.1, -0.05) is 32.6 Å². The lowest BCUT2D eigenvalue weighted by Crippen LogP contribution is -2.00. The lowest BCUT2D eigenvalue weighted by molar-refractivity contribution is 0.315. The zero-order chi connectivity index (χ0) is 10.6. The Balaban J connectivity index is 3.07. The van der Waals surface area contributed by atoms with E-state index in [9.17, 15) is 4.57 Å². The van der Waals surface area contributed by atoms with Crippen molar-refractivity contribution in [2.75, 3.05) is 19.3 Å². The molecule has 0 radical (unpaired) electrons. The molecule has 84 valence electrons. The van der Waals surface area contributed by atoms with Gasteiger partial charge in [0.2, 0.25) is 0 Å². The van der Waals surface area contributed by atoms with Crippen LogP contribution in [0.1, 0.15) is 45.4 Å². The molecular formula is C10H23NO2P+. The number of nitrogens with two attached hydrogens (primary N) is 1. The Morgan fingerprint density at radius 3 is 2.50 bits per heavy atom. The van der Waals surface area contributed by atoms with Gasteiger partial charge in [-0.15, -0.1) is 4.52 Å². The SMILES string of the molecule is CCCCCCCO[P+](=O)CCCN. The third-order valence-corrected chi connectivity index (χ3v) is 3.18. The van der Waals surface area contributed by atoms with Gasteiger partial charge < -0.3 is 5.73 Å². The maximum atomic E-state index is 11.2. The molecule has 0 aromatic heterocycles. The first-order chi connectivity index (χ1) is 6.81. The fourth-order valence-electron chi connectivity index (χ4n) is 1.16. The van der Waals surface area contributed by atoms with Gasteiger partial charge in [0.15, 0.2) is 6.16 Å². The van der Waals surface area contributed by atoms with Crippen LogP contribution in [0.4, 0.5) is 0 Å². The molecule has 0 saturated carbocycles. The summed E-state index contributed by atoms with van der Waals surface area (Å²) >= 11 is 0. The number of hydrogen-bond acceptors (Lipinski definition) is 3. The van der Waals surface area contributed by atoms with E-state index in [0.29, 0.717) is 19.3 Å². The zero-order valence-corrected chi connectivity index (χ0v) is 10.1. The fraction of sp³-hybridized carbons (Fsp3) is 1.00. The van der Waals surface area contributed by atoms with Crippen molar-refractivity contribution in [3.8, 4) is 0 Å². The molecule has 0 bridgehead atoms. The highest BCUT2D eigenvalue weighted by molar-refractivity contribution is 7.39. The maximum absolute atomic E-state index is 11.2. The van der Waals surface area contributed by atoms with Gasteiger partial charge in [-0.25, -0.2) is 0 Å². The summed E-state index contributed by atoms with van der Waals surface area (Å²) in [7, 11) is -1.44. The summed E-state index contributed by atoms with van der Waals surface area (Å²) in [5.41, 5.74) is 5.30. The summed E-state index contributed by atoms with van der Waals surface area (Å²) in [6.07, 6.45) is 7.44. The smallest absolute Gasteiger partial charge is 0.330 e. The van der Waals surface area contributed by atoms with Crippen LogP contribution >= 0.6 is 8.03 Å². The Bertz CT molecular complexity index is 142. The molecule has 0 fully saturated rings. The highest BCUT2D eigenvalue weighted by Gasteiger charge is 2.14. The molecule has 0 rings (SSSR count). The Morgan fingerprint density at radius 1 is 1.14 bits per heavy atom. The van der Waals surface area contributed by atoms with Crippen LogP contribution in [0.2, 0.25) is 0 Å². The summed E-state index contributed by atoms with van der Waals surface area (Å²) in [6.45, 7) is 3.44. The lowest BCUT2D eigenvalue weighted by atomic mass is 10.2. The highest BCUT2D eigenvalue weighted by atomic mass is 31.1. The molecule has 0 aromatic rings. The van der Waals surface area contributed by atoms with Crippen LogP contribution in [0.25, 0.3) is 0 Å². The van der Waals surface area contributed by atoms with Crippen molar-refractivity contribution in [3.05, 3.63) is 0 Å². The Labute approximate surface area is 88.3 Å². The van der Waals surface area contributed by atoms with E-state index in [4.69, 9.17) is 10.3 Å². The molecule has 0 aromatic carbocycles. The number of unbranched alkanes of at least 4 members (excludes halogenated alkanes) is 4. The predicted octanol–water partition coefficient (Wildman–Crippen LogP) is 3.06. The molecule has 3 nitrogen and oxygen atoms in total. The fourth-order valence-corrected chi connectivity index (χ4v) is 2.06. The molecule has 4 heteroatoms. The third-order valence-electron chi connectivity index (χ3n) is 2.03. The molecule has 0 heterocycles. The monoisotopic (exact) mass is 220 g/mol. The van der Waals surface area contributed by atoms with Crippen LogP contribution < -0.4 is 5.73 Å². The van der Waals surface area contributed by atoms with E-state index < -0.39 is 8.03 Å². The van der Waals surface area contributed by atoms with Crippen molar-refractivity contribution in [1.29, 1.82) is 0 Å². The topological polar surface area (TPSA) is 52.3 Å². The molecule has 14 heavy (non-hydrogen) atoms. The van der Waals surface area contributed by atoms with E-state index in [0.717, 1.165) is 12.8 Å². The standard InChI is InChI=1S/C10H23NO2P/c1-2-3-4-5-6-9-13-14(12)10-7-8-11/h2-11H2,1H3/q+1. The number of hydrogen-bond donors (Lipinski definition) is 1. The quantitative estimate of drug-likeness (QED) is 0.454. The molecule has 2 N–H and O–H groups in total. The Morgan fingerprint density at radius 2 is 1.86 bits per heavy atom. The summed E-state index contributed by atoms with van der Waals surface area (Å²) in [4.78, 5) is 0. The average Bonchev–Trinajstić information content (AvgIpc) is 2.20. The summed E-state index contributed by atoms with van der Waals surface area (Å²) in [5.74, 6) is 0. The van der Waals surface area contributed by atoms with Gasteiger partial charge in [0, 0.05) is 6.42 Å². The molecule has 1 unspecified atom stereocenters. The number of rotatable bonds is 10. The van der Waals surface area contributed by atoms with E-state index in [1.54, 1.807) is 0 Å². The van der Waals surface area contributed by atoms with Crippen LogP contribution in [0.15, 0.2) is 0 Å². The molecule has 0 spiro atoms. The molecule has 0 aliphatic heterocycles. The Kier molecular flexibility index (Phi) is 11.1. The van der Waals surface area contributed by atoms with Gasteiger partial charge in [0.05, 0.1) is 0 Å². The van der Waals surface area contributed by atoms with Crippen LogP contribution in [0.3, 0.4) is 0 Å². The largest absolute Gasteiger partial charge is 0.508 e. The Hall–Kier alpha value is 0.0200. The first-order valence-electron chi connectivity index (χ1n) is 5.59. The van der Waals surface area contributed by atoms with Gasteiger partial charge in [-0.3, -0.25) is 0 Å². The summed E-state index contributed by atoms with van der Waals surface area (Å²) < 4.78 is 16.3. The van der Waals surface area contributed by atoms with Gasteiger partial charge in [0.1, 0.15) is 6.61 Å². The van der Waals surface area contributed by atoms with Crippen molar-refractivity contribution in [3.63, 3.8) is 0 Å². The first kappa shape index (κ1) is 14.0. The van der Waals surface area contributed by atoms with Crippen LogP contribution in [-0.4, -0.2) is 19.3 Å². The minimum atomic E-state index is -1.44. The van der Waals surface area contributed by atoms with Gasteiger partial charge in [0.25, 0.3) is 0 Å².